The lowest BCUT2D eigenvalue weighted by atomic mass is 9.95. The van der Waals surface area contributed by atoms with Crippen molar-refractivity contribution in [1.29, 1.82) is 0 Å². The zero-order chi connectivity index (χ0) is 11.6. The molecule has 0 saturated carbocycles. The van der Waals surface area contributed by atoms with E-state index in [1.807, 2.05) is 13.0 Å². The molecule has 1 rings (SSSR count). The predicted octanol–water partition coefficient (Wildman–Crippen LogP) is 2.87. The molecule has 1 atom stereocenters. The molecule has 1 unspecified atom stereocenters. The van der Waals surface area contributed by atoms with Gasteiger partial charge in [0.15, 0.2) is 0 Å². The molecule has 0 aliphatic carbocycles. The van der Waals surface area contributed by atoms with E-state index in [1.54, 1.807) is 0 Å². The van der Waals surface area contributed by atoms with Gasteiger partial charge in [-0.15, -0.1) is 0 Å². The molecule has 2 heteroatoms. The molecule has 1 N–H and O–H groups in total. The molecule has 0 fully saturated rings. The van der Waals surface area contributed by atoms with Crippen LogP contribution in [0.5, 0.6) is 0 Å². The molecule has 0 aromatic heterocycles. The number of carbonyl (C=O) groups is 1. The van der Waals surface area contributed by atoms with Crippen LogP contribution in [-0.4, -0.2) is 5.91 Å². The number of amides is 1. The number of carbonyl (C=O) groups excluding carboxylic acids is 1. The van der Waals surface area contributed by atoms with E-state index in [9.17, 15) is 4.79 Å². The van der Waals surface area contributed by atoms with Gasteiger partial charge in [0.25, 0.3) is 0 Å². The van der Waals surface area contributed by atoms with Gasteiger partial charge in [0.05, 0.1) is 5.92 Å². The first-order valence-electron chi connectivity index (χ1n) is 5.66. The lowest BCUT2D eigenvalue weighted by Gasteiger charge is -2.18. The molecule has 0 aromatic carbocycles. The van der Waals surface area contributed by atoms with Crippen molar-refractivity contribution in [3.05, 3.63) is 23.4 Å². The first-order chi connectivity index (χ1) is 6.93. The van der Waals surface area contributed by atoms with Crippen molar-refractivity contribution in [3.8, 4) is 0 Å². The summed E-state index contributed by atoms with van der Waals surface area (Å²) in [4.78, 5) is 11.7. The van der Waals surface area contributed by atoms with Crippen LogP contribution in [-0.2, 0) is 4.79 Å². The summed E-state index contributed by atoms with van der Waals surface area (Å²) in [7, 11) is 0. The minimum atomic E-state index is -0.0324. The summed E-state index contributed by atoms with van der Waals surface area (Å²) in [5.74, 6) is 0.881. The largest absolute Gasteiger partial charge is 0.329 e. The van der Waals surface area contributed by atoms with Gasteiger partial charge in [-0.05, 0) is 17.4 Å². The number of nitrogens with one attached hydrogen (secondary N) is 1. The number of allylic oxidation sites excluding steroid dienone is 3. The Labute approximate surface area is 92.4 Å². The molecule has 0 bridgehead atoms. The molecule has 1 heterocycles. The van der Waals surface area contributed by atoms with Crippen molar-refractivity contribution in [2.75, 3.05) is 0 Å². The molecule has 15 heavy (non-hydrogen) atoms. The van der Waals surface area contributed by atoms with Gasteiger partial charge in [0.2, 0.25) is 5.91 Å². The van der Waals surface area contributed by atoms with Gasteiger partial charge < -0.3 is 5.32 Å². The van der Waals surface area contributed by atoms with Crippen LogP contribution >= 0.6 is 0 Å². The first kappa shape index (κ1) is 12.0. The molecule has 0 saturated heterocycles. The second kappa shape index (κ2) is 4.65. The Hall–Kier alpha value is -1.05. The molecular formula is C13H21NO. The third-order valence-corrected chi connectivity index (χ3v) is 2.75. The second-order valence-corrected chi connectivity index (χ2v) is 4.82. The fourth-order valence-electron chi connectivity index (χ4n) is 1.73. The van der Waals surface area contributed by atoms with E-state index < -0.39 is 0 Å². The molecule has 1 amide bonds. The third-order valence-electron chi connectivity index (χ3n) is 2.75. The van der Waals surface area contributed by atoms with Gasteiger partial charge in [-0.2, -0.15) is 0 Å². The van der Waals surface area contributed by atoms with Crippen LogP contribution in [0.1, 0.15) is 34.6 Å². The van der Waals surface area contributed by atoms with Gasteiger partial charge >= 0.3 is 0 Å². The predicted molar refractivity (Wildman–Crippen MR) is 63.1 cm³/mol. The van der Waals surface area contributed by atoms with Crippen molar-refractivity contribution in [3.63, 3.8) is 0 Å². The highest BCUT2D eigenvalue weighted by Crippen LogP contribution is 2.23. The summed E-state index contributed by atoms with van der Waals surface area (Å²) in [5, 5.41) is 3.04. The van der Waals surface area contributed by atoms with Gasteiger partial charge in [-0.1, -0.05) is 46.8 Å². The van der Waals surface area contributed by atoms with Crippen LogP contribution in [0.15, 0.2) is 23.4 Å². The van der Waals surface area contributed by atoms with E-state index in [0.717, 1.165) is 5.70 Å². The normalized spacial score (nSPS) is 22.3. The average Bonchev–Trinajstić information content (AvgIpc) is 2.27. The zero-order valence-electron chi connectivity index (χ0n) is 10.3. The summed E-state index contributed by atoms with van der Waals surface area (Å²) >= 11 is 0. The minimum absolute atomic E-state index is 0.0324. The number of rotatable bonds is 2. The Bertz CT molecular complexity index is 310. The maximum Gasteiger partial charge on any atom is 0.230 e. The van der Waals surface area contributed by atoms with Crippen LogP contribution < -0.4 is 5.32 Å². The molecule has 0 radical (unpaired) electrons. The summed E-state index contributed by atoms with van der Waals surface area (Å²) < 4.78 is 0. The molecule has 0 aromatic rings. The Morgan fingerprint density at radius 1 is 1.20 bits per heavy atom. The number of hydrogen-bond acceptors (Lipinski definition) is 1. The molecule has 0 spiro atoms. The fourth-order valence-corrected chi connectivity index (χ4v) is 1.73. The van der Waals surface area contributed by atoms with Crippen molar-refractivity contribution >= 4 is 5.91 Å². The highest BCUT2D eigenvalue weighted by atomic mass is 16.1. The van der Waals surface area contributed by atoms with Crippen LogP contribution in [0.2, 0.25) is 0 Å². The third kappa shape index (κ3) is 2.71. The monoisotopic (exact) mass is 207 g/mol. The fraction of sp³-hybridized carbons (Fsp3) is 0.615. The minimum Gasteiger partial charge on any atom is -0.329 e. The van der Waals surface area contributed by atoms with E-state index >= 15 is 0 Å². The Morgan fingerprint density at radius 3 is 2.27 bits per heavy atom. The standard InChI is InChI=1S/C13H21NO/c1-8(2)11-7-6-10(5)13(15)14-12(11)9(3)4/h6-10H,1-5H3,(H,14,15). The van der Waals surface area contributed by atoms with E-state index in [0.29, 0.717) is 11.8 Å². The molecule has 84 valence electrons. The lowest BCUT2D eigenvalue weighted by molar-refractivity contribution is -0.122. The number of hydrogen-bond donors (Lipinski definition) is 1. The molecular weight excluding hydrogens is 186 g/mol. The average molecular weight is 207 g/mol. The summed E-state index contributed by atoms with van der Waals surface area (Å²) in [6.45, 7) is 10.5. The van der Waals surface area contributed by atoms with E-state index in [2.05, 4.69) is 39.1 Å². The van der Waals surface area contributed by atoms with Crippen molar-refractivity contribution in [1.82, 2.24) is 5.32 Å². The second-order valence-electron chi connectivity index (χ2n) is 4.82. The van der Waals surface area contributed by atoms with E-state index in [-0.39, 0.29) is 11.8 Å². The van der Waals surface area contributed by atoms with Crippen LogP contribution in [0.4, 0.5) is 0 Å². The van der Waals surface area contributed by atoms with Gasteiger partial charge in [0, 0.05) is 5.70 Å². The van der Waals surface area contributed by atoms with Gasteiger partial charge in [0.1, 0.15) is 0 Å². The molecule has 1 aliphatic rings. The summed E-state index contributed by atoms with van der Waals surface area (Å²) in [6, 6.07) is 0. The van der Waals surface area contributed by atoms with Crippen LogP contribution in [0.25, 0.3) is 0 Å². The molecule has 1 aliphatic heterocycles. The highest BCUT2D eigenvalue weighted by Gasteiger charge is 2.20. The summed E-state index contributed by atoms with van der Waals surface area (Å²) in [6.07, 6.45) is 4.09. The first-order valence-corrected chi connectivity index (χ1v) is 5.66. The maximum atomic E-state index is 11.7. The zero-order valence-corrected chi connectivity index (χ0v) is 10.3. The van der Waals surface area contributed by atoms with Crippen LogP contribution in [0.3, 0.4) is 0 Å². The van der Waals surface area contributed by atoms with Gasteiger partial charge in [-0.3, -0.25) is 4.79 Å². The van der Waals surface area contributed by atoms with Crippen LogP contribution in [0, 0.1) is 17.8 Å². The topological polar surface area (TPSA) is 29.1 Å². The SMILES string of the molecule is CC(C)C1=C(C(C)C)NC(=O)C(C)C=C1. The highest BCUT2D eigenvalue weighted by molar-refractivity contribution is 5.82. The van der Waals surface area contributed by atoms with Gasteiger partial charge in [-0.25, -0.2) is 0 Å². The lowest BCUT2D eigenvalue weighted by Crippen LogP contribution is -2.29. The maximum absolute atomic E-state index is 11.7. The Balaban J connectivity index is 3.12. The van der Waals surface area contributed by atoms with Crippen molar-refractivity contribution in [2.45, 2.75) is 34.6 Å². The van der Waals surface area contributed by atoms with E-state index in [4.69, 9.17) is 0 Å². The Morgan fingerprint density at radius 2 is 1.80 bits per heavy atom. The van der Waals surface area contributed by atoms with Crippen molar-refractivity contribution in [2.24, 2.45) is 17.8 Å². The Kier molecular flexibility index (Phi) is 3.72. The quantitative estimate of drug-likeness (QED) is 0.741. The van der Waals surface area contributed by atoms with E-state index in [1.165, 1.54) is 5.57 Å². The molecule has 2 nitrogen and oxygen atoms in total. The van der Waals surface area contributed by atoms with Crippen molar-refractivity contribution < 1.29 is 4.79 Å². The smallest absolute Gasteiger partial charge is 0.230 e. The summed E-state index contributed by atoms with van der Waals surface area (Å²) in [5.41, 5.74) is 2.33.